The van der Waals surface area contributed by atoms with Gasteiger partial charge in [0.05, 0.1) is 21.6 Å². The molecule has 128 valence electrons. The summed E-state index contributed by atoms with van der Waals surface area (Å²) in [6.45, 7) is 0. The molecule has 1 N–H and O–H groups in total. The Hall–Kier alpha value is -1.57. The van der Waals surface area contributed by atoms with E-state index in [0.29, 0.717) is 28.2 Å². The molecule has 24 heavy (non-hydrogen) atoms. The molecule has 6 nitrogen and oxygen atoms in total. The SMILES string of the molecule is CN(c1nccc(Nc2ccc(Cl)c(Cl)c2)n1)C1CCS(=O)(=O)C1. The molecule has 1 unspecified atom stereocenters. The van der Waals surface area contributed by atoms with Crippen molar-refractivity contribution >= 4 is 50.5 Å². The van der Waals surface area contributed by atoms with Crippen molar-refractivity contribution in [1.82, 2.24) is 9.97 Å². The van der Waals surface area contributed by atoms with Gasteiger partial charge in [-0.15, -0.1) is 0 Å². The Morgan fingerprint density at radius 1 is 1.25 bits per heavy atom. The third-order valence-electron chi connectivity index (χ3n) is 3.91. The number of nitrogens with one attached hydrogen (secondary N) is 1. The van der Waals surface area contributed by atoms with E-state index in [4.69, 9.17) is 23.2 Å². The third kappa shape index (κ3) is 3.91. The lowest BCUT2D eigenvalue weighted by Gasteiger charge is -2.23. The summed E-state index contributed by atoms with van der Waals surface area (Å²) in [6.07, 6.45) is 2.22. The highest BCUT2D eigenvalue weighted by molar-refractivity contribution is 7.91. The van der Waals surface area contributed by atoms with Crippen LogP contribution in [0.2, 0.25) is 10.0 Å². The lowest BCUT2D eigenvalue weighted by Crippen LogP contribution is -2.33. The van der Waals surface area contributed by atoms with Crippen LogP contribution < -0.4 is 10.2 Å². The Kier molecular flexibility index (Phi) is 4.85. The van der Waals surface area contributed by atoms with Gasteiger partial charge in [-0.2, -0.15) is 4.98 Å². The van der Waals surface area contributed by atoms with E-state index in [1.165, 1.54) is 0 Å². The monoisotopic (exact) mass is 386 g/mol. The molecular weight excluding hydrogens is 371 g/mol. The Labute approximate surface area is 150 Å². The molecule has 1 atom stereocenters. The minimum atomic E-state index is -2.96. The summed E-state index contributed by atoms with van der Waals surface area (Å²) in [5, 5.41) is 4.06. The maximum absolute atomic E-state index is 11.6. The van der Waals surface area contributed by atoms with Crippen molar-refractivity contribution in [3.8, 4) is 0 Å². The summed E-state index contributed by atoms with van der Waals surface area (Å²) in [6, 6.07) is 6.83. The van der Waals surface area contributed by atoms with Gasteiger partial charge in [-0.25, -0.2) is 13.4 Å². The van der Waals surface area contributed by atoms with Crippen LogP contribution in [0.4, 0.5) is 17.5 Å². The molecule has 0 radical (unpaired) electrons. The van der Waals surface area contributed by atoms with Crippen LogP contribution in [-0.2, 0) is 9.84 Å². The van der Waals surface area contributed by atoms with E-state index in [0.717, 1.165) is 5.69 Å². The van der Waals surface area contributed by atoms with E-state index in [1.54, 1.807) is 30.5 Å². The molecule has 1 aliphatic rings. The van der Waals surface area contributed by atoms with Gasteiger partial charge in [0.1, 0.15) is 5.82 Å². The van der Waals surface area contributed by atoms with E-state index in [-0.39, 0.29) is 17.5 Å². The van der Waals surface area contributed by atoms with E-state index >= 15 is 0 Å². The number of rotatable bonds is 4. The normalized spacial score (nSPS) is 19.2. The Bertz CT molecular complexity index is 860. The molecule has 1 fully saturated rings. The largest absolute Gasteiger partial charge is 0.340 e. The predicted molar refractivity (Wildman–Crippen MR) is 97.2 cm³/mol. The van der Waals surface area contributed by atoms with Gasteiger partial charge in [0, 0.05) is 25.0 Å². The predicted octanol–water partition coefficient (Wildman–Crippen LogP) is 3.15. The molecular formula is C15H16Cl2N4O2S. The summed E-state index contributed by atoms with van der Waals surface area (Å²) in [4.78, 5) is 10.5. The second-order valence-electron chi connectivity index (χ2n) is 5.66. The van der Waals surface area contributed by atoms with Crippen LogP contribution in [0.15, 0.2) is 30.5 Å². The first kappa shape index (κ1) is 17.3. The molecule has 0 saturated carbocycles. The zero-order valence-corrected chi connectivity index (χ0v) is 15.2. The third-order valence-corrected chi connectivity index (χ3v) is 6.40. The molecule has 2 heterocycles. The first-order valence-electron chi connectivity index (χ1n) is 7.32. The molecule has 1 saturated heterocycles. The molecule has 0 bridgehead atoms. The number of aromatic nitrogens is 2. The summed E-state index contributed by atoms with van der Waals surface area (Å²) in [7, 11) is -1.15. The smallest absolute Gasteiger partial charge is 0.227 e. The fourth-order valence-corrected chi connectivity index (χ4v) is 4.63. The number of sulfone groups is 1. The van der Waals surface area contributed by atoms with Gasteiger partial charge in [0.25, 0.3) is 0 Å². The van der Waals surface area contributed by atoms with Crippen molar-refractivity contribution in [2.24, 2.45) is 0 Å². The van der Waals surface area contributed by atoms with Gasteiger partial charge in [-0.1, -0.05) is 23.2 Å². The zero-order chi connectivity index (χ0) is 17.3. The first-order chi connectivity index (χ1) is 11.3. The molecule has 0 aliphatic carbocycles. The Morgan fingerprint density at radius 3 is 2.71 bits per heavy atom. The standard InChI is InChI=1S/C15H16Cl2N4O2S/c1-21(11-5-7-24(22,23)9-11)15-18-6-4-14(20-15)19-10-2-3-12(16)13(17)8-10/h2-4,6,8,11H,5,7,9H2,1H3,(H,18,19,20). The second kappa shape index (κ2) is 6.74. The minimum Gasteiger partial charge on any atom is -0.340 e. The average molecular weight is 387 g/mol. The maximum Gasteiger partial charge on any atom is 0.227 e. The number of anilines is 3. The van der Waals surface area contributed by atoms with Crippen molar-refractivity contribution in [2.75, 3.05) is 28.8 Å². The van der Waals surface area contributed by atoms with Crippen LogP contribution >= 0.6 is 23.2 Å². The molecule has 1 aromatic heterocycles. The molecule has 9 heteroatoms. The molecule has 1 aliphatic heterocycles. The summed E-state index contributed by atoms with van der Waals surface area (Å²) in [5.74, 6) is 1.41. The van der Waals surface area contributed by atoms with E-state index in [9.17, 15) is 8.42 Å². The van der Waals surface area contributed by atoms with Crippen molar-refractivity contribution in [1.29, 1.82) is 0 Å². The highest BCUT2D eigenvalue weighted by Gasteiger charge is 2.31. The fraction of sp³-hybridized carbons (Fsp3) is 0.333. The van der Waals surface area contributed by atoms with Crippen molar-refractivity contribution in [3.63, 3.8) is 0 Å². The molecule has 3 rings (SSSR count). The maximum atomic E-state index is 11.6. The first-order valence-corrected chi connectivity index (χ1v) is 9.90. The van der Waals surface area contributed by atoms with Crippen LogP contribution in [0.5, 0.6) is 0 Å². The van der Waals surface area contributed by atoms with Crippen molar-refractivity contribution in [3.05, 3.63) is 40.5 Å². The van der Waals surface area contributed by atoms with Crippen LogP contribution in [-0.4, -0.2) is 43.0 Å². The van der Waals surface area contributed by atoms with Crippen LogP contribution in [0.3, 0.4) is 0 Å². The number of hydrogen-bond donors (Lipinski definition) is 1. The number of nitrogens with zero attached hydrogens (tertiary/aromatic N) is 3. The van der Waals surface area contributed by atoms with Crippen molar-refractivity contribution < 1.29 is 8.42 Å². The van der Waals surface area contributed by atoms with Crippen molar-refractivity contribution in [2.45, 2.75) is 12.5 Å². The van der Waals surface area contributed by atoms with E-state index < -0.39 is 9.84 Å². The van der Waals surface area contributed by atoms with Gasteiger partial charge >= 0.3 is 0 Å². The summed E-state index contributed by atoms with van der Waals surface area (Å²) >= 11 is 11.9. The Balaban J connectivity index is 1.77. The zero-order valence-electron chi connectivity index (χ0n) is 12.9. The molecule has 2 aromatic rings. The minimum absolute atomic E-state index is 0.102. The van der Waals surface area contributed by atoms with Crippen LogP contribution in [0, 0.1) is 0 Å². The van der Waals surface area contributed by atoms with Gasteiger partial charge in [0.15, 0.2) is 9.84 Å². The van der Waals surface area contributed by atoms with Crippen LogP contribution in [0.25, 0.3) is 0 Å². The Morgan fingerprint density at radius 2 is 2.04 bits per heavy atom. The van der Waals surface area contributed by atoms with Crippen LogP contribution in [0.1, 0.15) is 6.42 Å². The van der Waals surface area contributed by atoms with E-state index in [2.05, 4.69) is 15.3 Å². The second-order valence-corrected chi connectivity index (χ2v) is 8.71. The van der Waals surface area contributed by atoms with Gasteiger partial charge < -0.3 is 10.2 Å². The summed E-state index contributed by atoms with van der Waals surface area (Å²) in [5.41, 5.74) is 0.750. The number of halogens is 2. The summed E-state index contributed by atoms with van der Waals surface area (Å²) < 4.78 is 23.3. The highest BCUT2D eigenvalue weighted by atomic mass is 35.5. The average Bonchev–Trinajstić information content (AvgIpc) is 2.90. The fourth-order valence-electron chi connectivity index (χ4n) is 2.55. The molecule has 0 amide bonds. The molecule has 0 spiro atoms. The van der Waals surface area contributed by atoms with Gasteiger partial charge in [-0.05, 0) is 30.7 Å². The number of hydrogen-bond acceptors (Lipinski definition) is 6. The lowest BCUT2D eigenvalue weighted by atomic mass is 10.2. The topological polar surface area (TPSA) is 75.2 Å². The lowest BCUT2D eigenvalue weighted by molar-refractivity contribution is 0.600. The highest BCUT2D eigenvalue weighted by Crippen LogP contribution is 2.27. The molecule has 1 aromatic carbocycles. The van der Waals surface area contributed by atoms with Gasteiger partial charge in [-0.3, -0.25) is 0 Å². The quantitative estimate of drug-likeness (QED) is 0.869. The van der Waals surface area contributed by atoms with Gasteiger partial charge in [0.2, 0.25) is 5.95 Å². The van der Waals surface area contributed by atoms with E-state index in [1.807, 2.05) is 11.9 Å². The number of benzene rings is 1.